The average molecular weight is 198 g/mol. The summed E-state index contributed by atoms with van der Waals surface area (Å²) >= 11 is 0. The van der Waals surface area contributed by atoms with Gasteiger partial charge >= 0.3 is 0 Å². The second-order valence-corrected chi connectivity index (χ2v) is 2.19. The Bertz CT molecular complexity index is 235. The molecule has 0 fully saturated rings. The van der Waals surface area contributed by atoms with Gasteiger partial charge in [0.05, 0.1) is 0 Å². The van der Waals surface area contributed by atoms with E-state index in [1.807, 2.05) is 0 Å². The third kappa shape index (κ3) is 1.64. The second-order valence-electron chi connectivity index (χ2n) is 2.19. The highest BCUT2D eigenvalue weighted by Gasteiger charge is 2.22. The van der Waals surface area contributed by atoms with E-state index in [0.717, 1.165) is 7.85 Å². The van der Waals surface area contributed by atoms with Gasteiger partial charge in [0, 0.05) is 0 Å². The first-order valence-corrected chi connectivity index (χ1v) is 2.94. The Balaban J connectivity index is 0.00000144. The van der Waals surface area contributed by atoms with Gasteiger partial charge < -0.3 is 5.48 Å². The summed E-state index contributed by atoms with van der Waals surface area (Å²) in [5, 5.41) is 0. The lowest BCUT2D eigenvalue weighted by atomic mass is 9.94. The van der Waals surface area contributed by atoms with E-state index in [0.29, 0.717) is 0 Å². The van der Waals surface area contributed by atoms with Gasteiger partial charge in [0.25, 0.3) is 0 Å². The molecule has 0 heterocycles. The van der Waals surface area contributed by atoms with Crippen LogP contribution in [0.3, 0.4) is 0 Å². The summed E-state index contributed by atoms with van der Waals surface area (Å²) in [5.74, 6) is -9.52. The smallest absolute Gasteiger partial charge is 0.200 e. The summed E-state index contributed by atoms with van der Waals surface area (Å²) in [5.41, 5.74) is -0.869. The predicted molar refractivity (Wildman–Crippen MR) is 38.0 cm³/mol. The molecule has 2 N–H and O–H groups in total. The molecule has 7 heteroatoms. The van der Waals surface area contributed by atoms with Crippen molar-refractivity contribution in [1.29, 1.82) is 0 Å². The van der Waals surface area contributed by atoms with Crippen molar-refractivity contribution < 1.29 is 27.4 Å². The summed E-state index contributed by atoms with van der Waals surface area (Å²) in [6.07, 6.45) is 0. The van der Waals surface area contributed by atoms with Gasteiger partial charge in [-0.2, -0.15) is 0 Å². The van der Waals surface area contributed by atoms with Crippen molar-refractivity contribution in [1.82, 2.24) is 0 Å². The Kier molecular flexibility index (Phi) is 3.42. The van der Waals surface area contributed by atoms with E-state index in [2.05, 4.69) is 0 Å². The monoisotopic (exact) mass is 198 g/mol. The Hall–Kier alpha value is -1.11. The first kappa shape index (κ1) is 11.9. The van der Waals surface area contributed by atoms with E-state index in [1.165, 1.54) is 0 Å². The fraction of sp³-hybridized carbons (Fsp3) is 0. The van der Waals surface area contributed by atoms with Crippen LogP contribution in [0.2, 0.25) is 0 Å². The third-order valence-corrected chi connectivity index (χ3v) is 1.43. The van der Waals surface area contributed by atoms with Crippen molar-refractivity contribution in [3.63, 3.8) is 0 Å². The van der Waals surface area contributed by atoms with Crippen molar-refractivity contribution in [2.45, 2.75) is 0 Å². The average Bonchev–Trinajstić information content (AvgIpc) is 2.08. The van der Waals surface area contributed by atoms with Crippen LogP contribution >= 0.6 is 0 Å². The van der Waals surface area contributed by atoms with Gasteiger partial charge in [-0.15, -0.1) is 0 Å². The highest BCUT2D eigenvalue weighted by molar-refractivity contribution is 6.32. The molecule has 1 aromatic carbocycles. The molecule has 0 saturated carbocycles. The molecule has 0 atom stereocenters. The van der Waals surface area contributed by atoms with Gasteiger partial charge in [-0.3, -0.25) is 0 Å². The molecule has 13 heavy (non-hydrogen) atoms. The van der Waals surface area contributed by atoms with Crippen LogP contribution in [0.5, 0.6) is 0 Å². The molecular weight excluding hydrogens is 194 g/mol. The Labute approximate surface area is 70.9 Å². The van der Waals surface area contributed by atoms with Crippen molar-refractivity contribution >= 4 is 13.3 Å². The highest BCUT2D eigenvalue weighted by Crippen LogP contribution is 2.14. The number of halogens is 5. The summed E-state index contributed by atoms with van der Waals surface area (Å²) in [4.78, 5) is 0. The van der Waals surface area contributed by atoms with Crippen LogP contribution in [0, 0.1) is 29.1 Å². The van der Waals surface area contributed by atoms with Crippen LogP contribution < -0.4 is 5.46 Å². The largest absolute Gasteiger partial charge is 0.412 e. The normalized spacial score (nSPS) is 9.62. The van der Waals surface area contributed by atoms with Crippen molar-refractivity contribution in [3.8, 4) is 0 Å². The van der Waals surface area contributed by atoms with E-state index >= 15 is 0 Å². The molecule has 72 valence electrons. The summed E-state index contributed by atoms with van der Waals surface area (Å²) < 4.78 is 61.6. The maximum atomic E-state index is 12.4. The Morgan fingerprint density at radius 2 is 0.846 bits per heavy atom. The molecule has 1 rings (SSSR count). The minimum absolute atomic E-state index is 0. The quantitative estimate of drug-likeness (QED) is 0.239. The molecule has 1 nitrogen and oxygen atoms in total. The maximum Gasteiger partial charge on any atom is 0.200 e. The van der Waals surface area contributed by atoms with Gasteiger partial charge in [0.2, 0.25) is 0 Å². The number of rotatable bonds is 0. The van der Waals surface area contributed by atoms with Crippen LogP contribution in [-0.2, 0) is 0 Å². The maximum absolute atomic E-state index is 12.4. The number of hydrogen-bond acceptors (Lipinski definition) is 0. The molecule has 0 aliphatic heterocycles. The first-order valence-electron chi connectivity index (χ1n) is 2.94. The molecule has 0 radical (unpaired) electrons. The zero-order valence-corrected chi connectivity index (χ0v) is 6.39. The fourth-order valence-corrected chi connectivity index (χ4v) is 0.715. The molecule has 0 spiro atoms. The molecule has 0 bridgehead atoms. The lowest BCUT2D eigenvalue weighted by Crippen LogP contribution is -2.20. The minimum atomic E-state index is -2.13. The lowest BCUT2D eigenvalue weighted by molar-refractivity contribution is 0.384. The van der Waals surface area contributed by atoms with E-state index in [4.69, 9.17) is 0 Å². The molecule has 0 saturated heterocycles. The molecule has 0 unspecified atom stereocenters. The van der Waals surface area contributed by atoms with Crippen LogP contribution in [0.1, 0.15) is 0 Å². The molecular formula is C6H4BF5O. The van der Waals surface area contributed by atoms with Crippen LogP contribution in [0.4, 0.5) is 22.0 Å². The lowest BCUT2D eigenvalue weighted by Gasteiger charge is -2.02. The Morgan fingerprint density at radius 3 is 1.15 bits per heavy atom. The fourth-order valence-electron chi connectivity index (χ4n) is 0.715. The van der Waals surface area contributed by atoms with Gasteiger partial charge in [-0.1, -0.05) is 0 Å². The van der Waals surface area contributed by atoms with Gasteiger partial charge in [0.15, 0.2) is 29.1 Å². The van der Waals surface area contributed by atoms with Crippen LogP contribution in [0.25, 0.3) is 0 Å². The van der Waals surface area contributed by atoms with E-state index < -0.39 is 34.5 Å². The number of hydrogen-bond donors (Lipinski definition) is 0. The summed E-state index contributed by atoms with van der Waals surface area (Å²) in [7, 11) is 0.816. The second kappa shape index (κ2) is 3.74. The Morgan fingerprint density at radius 1 is 0.615 bits per heavy atom. The SMILES string of the molecule is Bc1c(F)c(F)c(F)c(F)c1F.O. The van der Waals surface area contributed by atoms with Gasteiger partial charge in [0.1, 0.15) is 7.85 Å². The van der Waals surface area contributed by atoms with Crippen molar-refractivity contribution in [2.24, 2.45) is 0 Å². The van der Waals surface area contributed by atoms with Gasteiger partial charge in [-0.05, 0) is 5.46 Å². The zero-order valence-electron chi connectivity index (χ0n) is 6.39. The van der Waals surface area contributed by atoms with Crippen molar-refractivity contribution in [2.75, 3.05) is 0 Å². The molecule has 0 aromatic heterocycles. The van der Waals surface area contributed by atoms with Crippen LogP contribution in [-0.4, -0.2) is 13.3 Å². The topological polar surface area (TPSA) is 31.5 Å². The third-order valence-electron chi connectivity index (χ3n) is 1.43. The van der Waals surface area contributed by atoms with Crippen LogP contribution in [0.15, 0.2) is 0 Å². The standard InChI is InChI=1S/C6H2BF5.H2O/c7-1-2(8)4(10)6(12)5(11)3(1)9;/h7H2;1H2. The van der Waals surface area contributed by atoms with E-state index in [1.54, 1.807) is 0 Å². The summed E-state index contributed by atoms with van der Waals surface area (Å²) in [6, 6.07) is 0. The molecule has 1 aromatic rings. The predicted octanol–water partition coefficient (Wildman–Crippen LogP) is -0.184. The molecule has 0 aliphatic carbocycles. The first-order chi connectivity index (χ1) is 5.46. The zero-order chi connectivity index (χ0) is 9.46. The highest BCUT2D eigenvalue weighted by atomic mass is 19.2. The molecule has 0 aliphatic rings. The summed E-state index contributed by atoms with van der Waals surface area (Å²) in [6.45, 7) is 0. The van der Waals surface area contributed by atoms with E-state index in [9.17, 15) is 22.0 Å². The minimum Gasteiger partial charge on any atom is -0.412 e. The van der Waals surface area contributed by atoms with Crippen molar-refractivity contribution in [3.05, 3.63) is 29.1 Å². The van der Waals surface area contributed by atoms with Gasteiger partial charge in [-0.25, -0.2) is 22.0 Å². The molecule has 0 amide bonds. The number of benzene rings is 1. The van der Waals surface area contributed by atoms with E-state index in [-0.39, 0.29) is 5.48 Å².